The van der Waals surface area contributed by atoms with Crippen LogP contribution in [0.4, 0.5) is 0 Å². The highest BCUT2D eigenvalue weighted by Crippen LogP contribution is 2.28. The zero-order valence-corrected chi connectivity index (χ0v) is 17.8. The van der Waals surface area contributed by atoms with Crippen molar-refractivity contribution in [1.29, 1.82) is 0 Å². The summed E-state index contributed by atoms with van der Waals surface area (Å²) in [5.41, 5.74) is 3.98. The first-order valence-electron chi connectivity index (χ1n) is 9.54. The van der Waals surface area contributed by atoms with Crippen molar-refractivity contribution in [2.45, 2.75) is 89.7 Å². The second kappa shape index (κ2) is 7.71. The molecule has 1 atom stereocenters. The summed E-state index contributed by atoms with van der Waals surface area (Å²) in [5.74, 6) is -0.451. The van der Waals surface area contributed by atoms with Crippen LogP contribution in [0.3, 0.4) is 0 Å². The molecular formula is C21H33NO3S. The number of hydrogen-bond acceptors (Lipinski definition) is 3. The maximum absolute atomic E-state index is 12.8. The first-order valence-corrected chi connectivity index (χ1v) is 11.3. The molecule has 2 rings (SSSR count). The van der Waals surface area contributed by atoms with Crippen LogP contribution in [0, 0.1) is 13.8 Å². The summed E-state index contributed by atoms with van der Waals surface area (Å²) < 4.78 is 25.7. The van der Waals surface area contributed by atoms with E-state index < -0.39 is 15.1 Å². The van der Waals surface area contributed by atoms with E-state index in [1.54, 1.807) is 0 Å². The number of carbonyl (C=O) groups is 1. The third kappa shape index (κ3) is 4.87. The first-order chi connectivity index (χ1) is 11.9. The predicted molar refractivity (Wildman–Crippen MR) is 107 cm³/mol. The molecule has 0 radical (unpaired) electrons. The molecule has 0 unspecified atom stereocenters. The largest absolute Gasteiger partial charge is 0.352 e. The molecule has 1 N–H and O–H groups in total. The van der Waals surface area contributed by atoms with Crippen LogP contribution < -0.4 is 5.32 Å². The molecule has 1 saturated carbocycles. The molecule has 0 aromatic heterocycles. The highest BCUT2D eigenvalue weighted by atomic mass is 32.2. The number of sulfone groups is 1. The van der Waals surface area contributed by atoms with Crippen LogP contribution in [-0.2, 0) is 25.8 Å². The Morgan fingerprint density at radius 3 is 2.12 bits per heavy atom. The van der Waals surface area contributed by atoms with Crippen molar-refractivity contribution in [2.75, 3.05) is 0 Å². The molecule has 4 nitrogen and oxygen atoms in total. The Bertz CT molecular complexity index is 746. The fourth-order valence-corrected chi connectivity index (χ4v) is 5.03. The maximum atomic E-state index is 12.8. The first kappa shape index (κ1) is 20.9. The molecule has 1 aromatic rings. The Hall–Kier alpha value is -1.36. The van der Waals surface area contributed by atoms with E-state index >= 15 is 0 Å². The van der Waals surface area contributed by atoms with Crippen molar-refractivity contribution < 1.29 is 13.2 Å². The standard InChI is InChI=1S/C21H33NO3S/c1-14-11-17(21(4,5)6)12-15(2)19(14)13-26(24,25)16(3)20(23)22-18-9-7-8-10-18/h11-12,16,18H,7-10,13H2,1-6H3,(H,22,23)/t16-/m0/s1. The lowest BCUT2D eigenvalue weighted by atomic mass is 9.84. The van der Waals surface area contributed by atoms with Gasteiger partial charge in [-0.3, -0.25) is 4.79 Å². The van der Waals surface area contributed by atoms with Crippen molar-refractivity contribution in [1.82, 2.24) is 5.32 Å². The molecule has 0 spiro atoms. The summed E-state index contributed by atoms with van der Waals surface area (Å²) in [6, 6.07) is 4.28. The lowest BCUT2D eigenvalue weighted by Gasteiger charge is -2.23. The Kier molecular flexibility index (Phi) is 6.21. The van der Waals surface area contributed by atoms with Crippen LogP contribution in [0.15, 0.2) is 12.1 Å². The van der Waals surface area contributed by atoms with Gasteiger partial charge in [0.05, 0.1) is 5.75 Å². The fourth-order valence-electron chi connectivity index (χ4n) is 3.53. The average molecular weight is 380 g/mol. The number of rotatable bonds is 5. The highest BCUT2D eigenvalue weighted by Gasteiger charge is 2.31. The smallest absolute Gasteiger partial charge is 0.238 e. The lowest BCUT2D eigenvalue weighted by Crippen LogP contribution is -2.42. The van der Waals surface area contributed by atoms with E-state index in [1.165, 1.54) is 12.5 Å². The minimum absolute atomic E-state index is 0.0153. The quantitative estimate of drug-likeness (QED) is 0.842. The van der Waals surface area contributed by atoms with Crippen molar-refractivity contribution in [3.8, 4) is 0 Å². The molecule has 1 aliphatic carbocycles. The molecule has 1 fully saturated rings. The van der Waals surface area contributed by atoms with E-state index in [0.29, 0.717) is 0 Å². The number of carbonyl (C=O) groups excluding carboxylic acids is 1. The topological polar surface area (TPSA) is 63.2 Å². The van der Waals surface area contributed by atoms with Crippen LogP contribution >= 0.6 is 0 Å². The fraction of sp³-hybridized carbons (Fsp3) is 0.667. The Morgan fingerprint density at radius 1 is 1.15 bits per heavy atom. The van der Waals surface area contributed by atoms with Gasteiger partial charge in [0.15, 0.2) is 9.84 Å². The van der Waals surface area contributed by atoms with Crippen LogP contribution in [0.2, 0.25) is 0 Å². The molecule has 0 saturated heterocycles. The molecule has 0 aliphatic heterocycles. The molecule has 26 heavy (non-hydrogen) atoms. The Balaban J connectivity index is 2.19. The third-order valence-corrected chi connectivity index (χ3v) is 7.50. The summed E-state index contributed by atoms with van der Waals surface area (Å²) >= 11 is 0. The van der Waals surface area contributed by atoms with Crippen LogP contribution in [-0.4, -0.2) is 25.6 Å². The van der Waals surface area contributed by atoms with Gasteiger partial charge in [-0.1, -0.05) is 45.7 Å². The number of hydrogen-bond donors (Lipinski definition) is 1. The monoisotopic (exact) mass is 379 g/mol. The van der Waals surface area contributed by atoms with Gasteiger partial charge in [0.1, 0.15) is 5.25 Å². The third-order valence-electron chi connectivity index (χ3n) is 5.52. The van der Waals surface area contributed by atoms with E-state index in [9.17, 15) is 13.2 Å². The number of benzene rings is 1. The number of aryl methyl sites for hydroxylation is 2. The zero-order valence-electron chi connectivity index (χ0n) is 17.0. The molecule has 0 bridgehead atoms. The summed E-state index contributed by atoms with van der Waals surface area (Å²) in [7, 11) is -3.56. The van der Waals surface area contributed by atoms with Gasteiger partial charge in [-0.15, -0.1) is 0 Å². The molecule has 1 amide bonds. The van der Waals surface area contributed by atoms with Gasteiger partial charge in [0, 0.05) is 6.04 Å². The molecule has 1 aromatic carbocycles. The maximum Gasteiger partial charge on any atom is 0.238 e. The number of nitrogens with one attached hydrogen (secondary N) is 1. The molecular weight excluding hydrogens is 346 g/mol. The normalized spacial score (nSPS) is 17.3. The van der Waals surface area contributed by atoms with Gasteiger partial charge >= 0.3 is 0 Å². The van der Waals surface area contributed by atoms with Crippen molar-refractivity contribution in [3.05, 3.63) is 34.4 Å². The Morgan fingerprint density at radius 2 is 1.65 bits per heavy atom. The second-order valence-electron chi connectivity index (χ2n) is 8.78. The van der Waals surface area contributed by atoms with Crippen LogP contribution in [0.5, 0.6) is 0 Å². The second-order valence-corrected chi connectivity index (χ2v) is 11.1. The van der Waals surface area contributed by atoms with Gasteiger partial charge in [-0.05, 0) is 61.3 Å². The average Bonchev–Trinajstić information content (AvgIpc) is 3.01. The molecule has 5 heteroatoms. The van der Waals surface area contributed by atoms with Gasteiger partial charge in [-0.25, -0.2) is 8.42 Å². The minimum atomic E-state index is -3.56. The van der Waals surface area contributed by atoms with Crippen LogP contribution in [0.1, 0.15) is 75.6 Å². The van der Waals surface area contributed by atoms with Crippen molar-refractivity contribution in [3.63, 3.8) is 0 Å². The van der Waals surface area contributed by atoms with Crippen LogP contribution in [0.25, 0.3) is 0 Å². The molecule has 146 valence electrons. The summed E-state index contributed by atoms with van der Waals surface area (Å²) in [5, 5.41) is 1.89. The van der Waals surface area contributed by atoms with E-state index in [0.717, 1.165) is 42.4 Å². The predicted octanol–water partition coefficient (Wildman–Crippen LogP) is 3.96. The van der Waals surface area contributed by atoms with E-state index in [1.807, 2.05) is 13.8 Å². The van der Waals surface area contributed by atoms with E-state index in [-0.39, 0.29) is 23.1 Å². The minimum Gasteiger partial charge on any atom is -0.352 e. The zero-order chi connectivity index (χ0) is 19.7. The Labute approximate surface area is 158 Å². The SMILES string of the molecule is Cc1cc(C(C)(C)C)cc(C)c1CS(=O)(=O)[C@@H](C)C(=O)NC1CCCC1. The molecule has 1 aliphatic rings. The molecule has 0 heterocycles. The van der Waals surface area contributed by atoms with Gasteiger partial charge in [0.2, 0.25) is 5.91 Å². The summed E-state index contributed by atoms with van der Waals surface area (Å²) in [6.07, 6.45) is 4.10. The van der Waals surface area contributed by atoms with Crippen molar-refractivity contribution in [2.24, 2.45) is 0 Å². The van der Waals surface area contributed by atoms with Gasteiger partial charge in [-0.2, -0.15) is 0 Å². The highest BCUT2D eigenvalue weighted by molar-refractivity contribution is 7.92. The van der Waals surface area contributed by atoms with Gasteiger partial charge in [0.25, 0.3) is 0 Å². The van der Waals surface area contributed by atoms with E-state index in [4.69, 9.17) is 0 Å². The summed E-state index contributed by atoms with van der Waals surface area (Å²) in [4.78, 5) is 12.4. The van der Waals surface area contributed by atoms with Crippen molar-refractivity contribution >= 4 is 15.7 Å². The van der Waals surface area contributed by atoms with Gasteiger partial charge < -0.3 is 5.32 Å². The van der Waals surface area contributed by atoms with E-state index in [2.05, 4.69) is 38.2 Å². The lowest BCUT2D eigenvalue weighted by molar-refractivity contribution is -0.121. The summed E-state index contributed by atoms with van der Waals surface area (Å²) in [6.45, 7) is 11.9. The number of amides is 1.